The molecule has 0 aliphatic rings. The molecule has 1 aromatic rings. The van der Waals surface area contributed by atoms with Gasteiger partial charge in [0.25, 0.3) is 10.1 Å². The number of carbonyl (C=O) groups is 1. The predicted molar refractivity (Wildman–Crippen MR) is 43.2 cm³/mol. The SMILES string of the molecule is O=C(O)c1ccccc1S(=O)(=O)O.[Cd]. The van der Waals surface area contributed by atoms with Crippen LogP contribution in [0, 0.1) is 0 Å². The molecule has 0 unspecified atom stereocenters. The van der Waals surface area contributed by atoms with Crippen molar-refractivity contribution in [3.63, 3.8) is 0 Å². The molecule has 0 aliphatic heterocycles. The Morgan fingerprint density at radius 1 is 1.21 bits per heavy atom. The number of benzene rings is 1. The Morgan fingerprint density at radius 3 is 2.07 bits per heavy atom. The third-order valence-electron chi connectivity index (χ3n) is 1.40. The Bertz CT molecular complexity index is 439. The zero-order chi connectivity index (χ0) is 10.1. The van der Waals surface area contributed by atoms with E-state index >= 15 is 0 Å². The average molecular weight is 315 g/mol. The number of carboxylic acids is 1. The molecule has 0 saturated carbocycles. The second kappa shape index (κ2) is 4.85. The molecule has 5 nitrogen and oxygen atoms in total. The monoisotopic (exact) mass is 316 g/mol. The van der Waals surface area contributed by atoms with Crippen LogP contribution in [-0.2, 0) is 37.4 Å². The van der Waals surface area contributed by atoms with E-state index in [1.165, 1.54) is 12.1 Å². The predicted octanol–water partition coefficient (Wildman–Crippen LogP) is 0.629. The number of carboxylic acid groups (broad SMARTS) is 1. The normalized spacial score (nSPS) is 10.4. The largest absolute Gasteiger partial charge is 0.478 e. The molecule has 0 spiro atoms. The van der Waals surface area contributed by atoms with Gasteiger partial charge in [0.1, 0.15) is 4.90 Å². The van der Waals surface area contributed by atoms with Crippen LogP contribution in [0.4, 0.5) is 0 Å². The summed E-state index contributed by atoms with van der Waals surface area (Å²) in [6.45, 7) is 0. The molecule has 1 rings (SSSR count). The summed E-state index contributed by atoms with van der Waals surface area (Å²) in [5.74, 6) is -1.40. The van der Waals surface area contributed by atoms with Crippen molar-refractivity contribution in [3.8, 4) is 0 Å². The smallest absolute Gasteiger partial charge is 0.337 e. The number of hydrogen-bond donors (Lipinski definition) is 2. The molecule has 7 heteroatoms. The first-order valence-electron chi connectivity index (χ1n) is 3.23. The molecule has 0 aromatic heterocycles. The molecule has 0 radical (unpaired) electrons. The summed E-state index contributed by atoms with van der Waals surface area (Å²) >= 11 is 0. The van der Waals surface area contributed by atoms with Gasteiger partial charge in [0.05, 0.1) is 5.56 Å². The van der Waals surface area contributed by atoms with Gasteiger partial charge in [0, 0.05) is 27.3 Å². The van der Waals surface area contributed by atoms with Crippen LogP contribution < -0.4 is 0 Å². The van der Waals surface area contributed by atoms with E-state index < -0.39 is 26.5 Å². The minimum Gasteiger partial charge on any atom is -0.478 e. The van der Waals surface area contributed by atoms with Gasteiger partial charge in [-0.2, -0.15) is 8.42 Å². The van der Waals surface area contributed by atoms with E-state index in [2.05, 4.69) is 0 Å². The molecule has 0 fully saturated rings. The summed E-state index contributed by atoms with van der Waals surface area (Å²) in [4.78, 5) is 9.90. The van der Waals surface area contributed by atoms with Crippen LogP contribution in [0.2, 0.25) is 0 Å². The topological polar surface area (TPSA) is 91.7 Å². The van der Waals surface area contributed by atoms with Crippen molar-refractivity contribution in [3.05, 3.63) is 29.8 Å². The molecule has 0 atom stereocenters. The summed E-state index contributed by atoms with van der Waals surface area (Å²) in [5, 5.41) is 8.55. The van der Waals surface area contributed by atoms with Gasteiger partial charge in [-0.05, 0) is 12.1 Å². The van der Waals surface area contributed by atoms with Crippen LogP contribution in [0.5, 0.6) is 0 Å². The van der Waals surface area contributed by atoms with E-state index in [0.717, 1.165) is 12.1 Å². The van der Waals surface area contributed by atoms with Crippen LogP contribution in [0.25, 0.3) is 0 Å². The standard InChI is InChI=1S/C7H6O5S.Cd/c8-7(9)5-3-1-2-4-6(5)13(10,11)12;/h1-4H,(H,8,9)(H,10,11,12);. The van der Waals surface area contributed by atoms with Crippen LogP contribution in [0.15, 0.2) is 29.2 Å². The Balaban J connectivity index is 0.00000169. The first-order chi connectivity index (χ1) is 5.93. The molecule has 0 heterocycles. The summed E-state index contributed by atoms with van der Waals surface area (Å²) < 4.78 is 29.9. The summed E-state index contributed by atoms with van der Waals surface area (Å²) in [5.41, 5.74) is -0.440. The van der Waals surface area contributed by atoms with Crippen molar-refractivity contribution < 1.29 is 50.2 Å². The second-order valence-electron chi connectivity index (χ2n) is 2.28. The minimum absolute atomic E-state index is 0. The third-order valence-corrected chi connectivity index (χ3v) is 2.31. The van der Waals surface area contributed by atoms with E-state index in [1.54, 1.807) is 0 Å². The van der Waals surface area contributed by atoms with Crippen molar-refractivity contribution >= 4 is 16.1 Å². The summed E-state index contributed by atoms with van der Waals surface area (Å²) in [7, 11) is -4.46. The molecule has 2 N–H and O–H groups in total. The maximum absolute atomic E-state index is 10.7. The van der Waals surface area contributed by atoms with Gasteiger partial charge in [-0.25, -0.2) is 4.79 Å². The van der Waals surface area contributed by atoms with Crippen molar-refractivity contribution in [1.82, 2.24) is 0 Å². The van der Waals surface area contributed by atoms with Gasteiger partial charge in [-0.1, -0.05) is 12.1 Å². The van der Waals surface area contributed by atoms with Gasteiger partial charge in [-0.3, -0.25) is 4.55 Å². The fourth-order valence-corrected chi connectivity index (χ4v) is 1.55. The summed E-state index contributed by atoms with van der Waals surface area (Å²) in [6, 6.07) is 4.83. The van der Waals surface area contributed by atoms with Gasteiger partial charge >= 0.3 is 5.97 Å². The minimum atomic E-state index is -4.46. The molecular weight excluding hydrogens is 309 g/mol. The maximum atomic E-state index is 10.7. The van der Waals surface area contributed by atoms with E-state index in [-0.39, 0.29) is 27.3 Å². The van der Waals surface area contributed by atoms with Gasteiger partial charge < -0.3 is 5.11 Å². The molecule has 1 aromatic carbocycles. The zero-order valence-corrected chi connectivity index (χ0v) is 11.9. The van der Waals surface area contributed by atoms with Gasteiger partial charge in [0.15, 0.2) is 0 Å². The van der Waals surface area contributed by atoms with E-state index in [4.69, 9.17) is 9.66 Å². The number of hydrogen-bond acceptors (Lipinski definition) is 3. The molecule has 72 valence electrons. The van der Waals surface area contributed by atoms with Crippen LogP contribution in [-0.4, -0.2) is 24.0 Å². The maximum Gasteiger partial charge on any atom is 0.337 e. The zero-order valence-electron chi connectivity index (χ0n) is 7.04. The molecule has 14 heavy (non-hydrogen) atoms. The van der Waals surface area contributed by atoms with Crippen molar-refractivity contribution in [1.29, 1.82) is 0 Å². The van der Waals surface area contributed by atoms with Crippen LogP contribution >= 0.6 is 0 Å². The number of rotatable bonds is 2. The first kappa shape index (κ1) is 13.5. The van der Waals surface area contributed by atoms with Crippen LogP contribution in [0.1, 0.15) is 10.4 Å². The van der Waals surface area contributed by atoms with Crippen molar-refractivity contribution in [2.45, 2.75) is 4.90 Å². The first-order valence-corrected chi connectivity index (χ1v) is 4.67. The third kappa shape index (κ3) is 3.03. The molecule has 0 bridgehead atoms. The number of aromatic carboxylic acids is 1. The fourth-order valence-electron chi connectivity index (χ4n) is 0.868. The van der Waals surface area contributed by atoms with Crippen molar-refractivity contribution in [2.75, 3.05) is 0 Å². The summed E-state index contributed by atoms with van der Waals surface area (Å²) in [6.07, 6.45) is 0. The van der Waals surface area contributed by atoms with E-state index in [9.17, 15) is 13.2 Å². The molecule has 0 saturated heterocycles. The Morgan fingerprint density at radius 2 is 1.71 bits per heavy atom. The Kier molecular flexibility index (Phi) is 4.68. The quantitative estimate of drug-likeness (QED) is 0.617. The van der Waals surface area contributed by atoms with Crippen LogP contribution in [0.3, 0.4) is 0 Å². The molecular formula is C7H6CdO5S. The average Bonchev–Trinajstić information content (AvgIpc) is 2.03. The van der Waals surface area contributed by atoms with Gasteiger partial charge in [0.2, 0.25) is 0 Å². The van der Waals surface area contributed by atoms with E-state index in [0.29, 0.717) is 0 Å². The molecule has 0 aliphatic carbocycles. The molecule has 0 amide bonds. The second-order valence-corrected chi connectivity index (χ2v) is 3.67. The fraction of sp³-hybridized carbons (Fsp3) is 0. The Hall–Kier alpha value is -0.478. The van der Waals surface area contributed by atoms with E-state index in [1.807, 2.05) is 0 Å². The van der Waals surface area contributed by atoms with Gasteiger partial charge in [-0.15, -0.1) is 0 Å². The van der Waals surface area contributed by atoms with Crippen molar-refractivity contribution in [2.24, 2.45) is 0 Å². The Labute approximate surface area is 101 Å².